The topological polar surface area (TPSA) is 44.5 Å². The van der Waals surface area contributed by atoms with Gasteiger partial charge in [-0.05, 0) is 31.0 Å². The lowest BCUT2D eigenvalue weighted by Gasteiger charge is -2.12. The number of ether oxygens (including phenoxy) is 2. The SMILES string of the molecule is C=CCCOc1ccc(CN)cc1OCC. The molecule has 0 aliphatic carbocycles. The molecule has 0 bridgehead atoms. The van der Waals surface area contributed by atoms with Crippen LogP contribution in [0, 0.1) is 0 Å². The first-order valence-corrected chi connectivity index (χ1v) is 5.51. The molecule has 0 aromatic heterocycles. The van der Waals surface area contributed by atoms with E-state index in [0.717, 1.165) is 23.5 Å². The Hall–Kier alpha value is -1.48. The van der Waals surface area contributed by atoms with E-state index in [1.54, 1.807) is 0 Å². The van der Waals surface area contributed by atoms with Gasteiger partial charge in [0, 0.05) is 6.54 Å². The summed E-state index contributed by atoms with van der Waals surface area (Å²) in [6, 6.07) is 5.77. The van der Waals surface area contributed by atoms with Crippen molar-refractivity contribution in [3.05, 3.63) is 36.4 Å². The molecule has 0 saturated heterocycles. The Morgan fingerprint density at radius 3 is 2.75 bits per heavy atom. The third-order valence-corrected chi connectivity index (χ3v) is 2.12. The Labute approximate surface area is 96.9 Å². The number of nitrogens with two attached hydrogens (primary N) is 1. The van der Waals surface area contributed by atoms with Gasteiger partial charge in [-0.2, -0.15) is 0 Å². The first kappa shape index (κ1) is 12.6. The lowest BCUT2D eigenvalue weighted by Crippen LogP contribution is -2.02. The standard InChI is InChI=1S/C13H19NO2/c1-3-5-8-16-12-7-6-11(10-14)9-13(12)15-4-2/h3,6-7,9H,1,4-5,8,10,14H2,2H3. The minimum absolute atomic E-state index is 0.507. The highest BCUT2D eigenvalue weighted by Gasteiger charge is 2.05. The van der Waals surface area contributed by atoms with Crippen LogP contribution >= 0.6 is 0 Å². The predicted molar refractivity (Wildman–Crippen MR) is 65.8 cm³/mol. The van der Waals surface area contributed by atoms with Gasteiger partial charge in [-0.25, -0.2) is 0 Å². The van der Waals surface area contributed by atoms with E-state index in [2.05, 4.69) is 6.58 Å². The zero-order valence-electron chi connectivity index (χ0n) is 9.74. The van der Waals surface area contributed by atoms with E-state index in [1.807, 2.05) is 31.2 Å². The fraction of sp³-hybridized carbons (Fsp3) is 0.385. The zero-order valence-corrected chi connectivity index (χ0v) is 9.74. The molecule has 0 unspecified atom stereocenters. The number of hydrogen-bond donors (Lipinski definition) is 1. The molecule has 2 N–H and O–H groups in total. The van der Waals surface area contributed by atoms with Crippen LogP contribution in [0.4, 0.5) is 0 Å². The predicted octanol–water partition coefficient (Wildman–Crippen LogP) is 2.50. The highest BCUT2D eigenvalue weighted by atomic mass is 16.5. The molecule has 1 rings (SSSR count). The van der Waals surface area contributed by atoms with E-state index in [4.69, 9.17) is 15.2 Å². The molecular formula is C13H19NO2. The van der Waals surface area contributed by atoms with Crippen molar-refractivity contribution < 1.29 is 9.47 Å². The molecule has 3 heteroatoms. The summed E-state index contributed by atoms with van der Waals surface area (Å²) in [4.78, 5) is 0. The van der Waals surface area contributed by atoms with Crippen molar-refractivity contribution in [2.75, 3.05) is 13.2 Å². The molecular weight excluding hydrogens is 202 g/mol. The average Bonchev–Trinajstić information content (AvgIpc) is 2.31. The fourth-order valence-electron chi connectivity index (χ4n) is 1.32. The quantitative estimate of drug-likeness (QED) is 0.568. The van der Waals surface area contributed by atoms with Gasteiger partial charge < -0.3 is 15.2 Å². The third-order valence-electron chi connectivity index (χ3n) is 2.12. The summed E-state index contributed by atoms with van der Waals surface area (Å²) in [5.41, 5.74) is 6.62. The van der Waals surface area contributed by atoms with E-state index in [0.29, 0.717) is 19.8 Å². The summed E-state index contributed by atoms with van der Waals surface area (Å²) >= 11 is 0. The second-order valence-corrected chi connectivity index (χ2v) is 3.34. The van der Waals surface area contributed by atoms with Crippen molar-refractivity contribution in [3.8, 4) is 11.5 Å². The van der Waals surface area contributed by atoms with E-state index in [-0.39, 0.29) is 0 Å². The molecule has 88 valence electrons. The van der Waals surface area contributed by atoms with Gasteiger partial charge >= 0.3 is 0 Å². The van der Waals surface area contributed by atoms with Crippen LogP contribution in [0.2, 0.25) is 0 Å². The van der Waals surface area contributed by atoms with Crippen LogP contribution in [0.3, 0.4) is 0 Å². The van der Waals surface area contributed by atoms with Gasteiger partial charge in [0.25, 0.3) is 0 Å². The van der Waals surface area contributed by atoms with E-state index >= 15 is 0 Å². The normalized spacial score (nSPS) is 9.88. The molecule has 0 fully saturated rings. The highest BCUT2D eigenvalue weighted by molar-refractivity contribution is 5.43. The van der Waals surface area contributed by atoms with Gasteiger partial charge in [-0.1, -0.05) is 12.1 Å². The Bertz CT molecular complexity index is 337. The van der Waals surface area contributed by atoms with Crippen LogP contribution < -0.4 is 15.2 Å². The Balaban J connectivity index is 2.76. The van der Waals surface area contributed by atoms with Crippen molar-refractivity contribution in [3.63, 3.8) is 0 Å². The summed E-state index contributed by atoms with van der Waals surface area (Å²) in [5, 5.41) is 0. The zero-order chi connectivity index (χ0) is 11.8. The summed E-state index contributed by atoms with van der Waals surface area (Å²) in [7, 11) is 0. The average molecular weight is 221 g/mol. The first-order valence-electron chi connectivity index (χ1n) is 5.51. The number of hydrogen-bond acceptors (Lipinski definition) is 3. The monoisotopic (exact) mass is 221 g/mol. The summed E-state index contributed by atoms with van der Waals surface area (Å²) < 4.78 is 11.1. The Morgan fingerprint density at radius 1 is 1.31 bits per heavy atom. The smallest absolute Gasteiger partial charge is 0.161 e. The van der Waals surface area contributed by atoms with Crippen LogP contribution in [-0.4, -0.2) is 13.2 Å². The second-order valence-electron chi connectivity index (χ2n) is 3.34. The lowest BCUT2D eigenvalue weighted by molar-refractivity contribution is 0.280. The van der Waals surface area contributed by atoms with Gasteiger partial charge in [-0.3, -0.25) is 0 Å². The number of rotatable bonds is 7. The van der Waals surface area contributed by atoms with E-state index in [9.17, 15) is 0 Å². The maximum Gasteiger partial charge on any atom is 0.161 e. The second kappa shape index (κ2) is 6.90. The molecule has 1 aromatic carbocycles. The van der Waals surface area contributed by atoms with Crippen molar-refractivity contribution >= 4 is 0 Å². The molecule has 0 aliphatic heterocycles. The summed E-state index contributed by atoms with van der Waals surface area (Å²) in [5.74, 6) is 1.52. The maximum absolute atomic E-state index is 5.59. The molecule has 0 spiro atoms. The van der Waals surface area contributed by atoms with Gasteiger partial charge in [0.2, 0.25) is 0 Å². The molecule has 0 atom stereocenters. The summed E-state index contributed by atoms with van der Waals surface area (Å²) in [6.07, 6.45) is 2.65. The Morgan fingerprint density at radius 2 is 2.12 bits per heavy atom. The van der Waals surface area contributed by atoms with Gasteiger partial charge in [0.15, 0.2) is 11.5 Å². The highest BCUT2D eigenvalue weighted by Crippen LogP contribution is 2.28. The molecule has 0 saturated carbocycles. The third kappa shape index (κ3) is 3.59. The minimum Gasteiger partial charge on any atom is -0.490 e. The maximum atomic E-state index is 5.59. The first-order chi connectivity index (χ1) is 7.81. The van der Waals surface area contributed by atoms with E-state index < -0.39 is 0 Å². The molecule has 16 heavy (non-hydrogen) atoms. The van der Waals surface area contributed by atoms with Crippen LogP contribution in [0.5, 0.6) is 11.5 Å². The van der Waals surface area contributed by atoms with Crippen LogP contribution in [0.1, 0.15) is 18.9 Å². The molecule has 0 radical (unpaired) electrons. The van der Waals surface area contributed by atoms with Crippen molar-refractivity contribution in [1.82, 2.24) is 0 Å². The van der Waals surface area contributed by atoms with Crippen molar-refractivity contribution in [2.45, 2.75) is 19.9 Å². The largest absolute Gasteiger partial charge is 0.490 e. The van der Waals surface area contributed by atoms with Crippen molar-refractivity contribution in [2.24, 2.45) is 5.73 Å². The molecule has 3 nitrogen and oxygen atoms in total. The molecule has 0 aliphatic rings. The lowest BCUT2D eigenvalue weighted by atomic mass is 10.2. The van der Waals surface area contributed by atoms with Gasteiger partial charge in [-0.15, -0.1) is 6.58 Å². The molecule has 0 heterocycles. The van der Waals surface area contributed by atoms with Gasteiger partial charge in [0.1, 0.15) is 0 Å². The molecule has 1 aromatic rings. The van der Waals surface area contributed by atoms with Crippen molar-refractivity contribution in [1.29, 1.82) is 0 Å². The van der Waals surface area contributed by atoms with E-state index in [1.165, 1.54) is 0 Å². The molecule has 0 amide bonds. The summed E-state index contributed by atoms with van der Waals surface area (Å²) in [6.45, 7) is 7.34. The van der Waals surface area contributed by atoms with Gasteiger partial charge in [0.05, 0.1) is 13.2 Å². The van der Waals surface area contributed by atoms with Crippen LogP contribution in [0.25, 0.3) is 0 Å². The fourth-order valence-corrected chi connectivity index (χ4v) is 1.32. The number of benzene rings is 1. The minimum atomic E-state index is 0.507. The van der Waals surface area contributed by atoms with Crippen LogP contribution in [0.15, 0.2) is 30.9 Å². The Kier molecular flexibility index (Phi) is 5.43. The van der Waals surface area contributed by atoms with Crippen LogP contribution in [-0.2, 0) is 6.54 Å².